The van der Waals surface area contributed by atoms with Crippen molar-refractivity contribution >= 4 is 11.7 Å². The molecule has 0 aliphatic heterocycles. The molecule has 5 nitrogen and oxygen atoms in total. The first kappa shape index (κ1) is 15.3. The second-order valence-electron chi connectivity index (χ2n) is 3.78. The molecule has 0 fully saturated rings. The summed E-state index contributed by atoms with van der Waals surface area (Å²) >= 11 is 0. The molecule has 0 saturated carbocycles. The summed E-state index contributed by atoms with van der Waals surface area (Å²) in [6.07, 6.45) is -5.77. The van der Waals surface area contributed by atoms with Crippen molar-refractivity contribution in [2.75, 3.05) is 18.5 Å². The number of nitrogens with one attached hydrogen (secondary N) is 1. The van der Waals surface area contributed by atoms with Gasteiger partial charge in [-0.2, -0.15) is 13.2 Å². The molecular formula is C11H12F3NO4. The number of aliphatic hydroxyl groups excluding tert-OH is 2. The largest absolute Gasteiger partial charge is 0.478 e. The monoisotopic (exact) mass is 279 g/mol. The predicted molar refractivity (Wildman–Crippen MR) is 60.0 cm³/mol. The van der Waals surface area contributed by atoms with Crippen LogP contribution in [0.2, 0.25) is 0 Å². The summed E-state index contributed by atoms with van der Waals surface area (Å²) in [6.45, 7) is -0.724. The minimum absolute atomic E-state index is 0.0620. The Morgan fingerprint density at radius 3 is 2.47 bits per heavy atom. The summed E-state index contributed by atoms with van der Waals surface area (Å²) in [4.78, 5) is 10.9. The molecule has 1 atom stereocenters. The van der Waals surface area contributed by atoms with Gasteiger partial charge in [-0.1, -0.05) is 0 Å². The zero-order valence-corrected chi connectivity index (χ0v) is 9.61. The smallest absolute Gasteiger partial charge is 0.416 e. The number of hydrogen-bond acceptors (Lipinski definition) is 4. The van der Waals surface area contributed by atoms with E-state index in [-0.39, 0.29) is 12.2 Å². The SMILES string of the molecule is O=C(O)c1cc(C(F)(F)F)ccc1NCC(O)CO. The molecule has 1 aromatic carbocycles. The number of carboxylic acid groups (broad SMARTS) is 1. The van der Waals surface area contributed by atoms with Crippen LogP contribution in [0.5, 0.6) is 0 Å². The standard InChI is InChI=1S/C11H12F3NO4/c12-11(13,14)6-1-2-9(8(3-6)10(18)19)15-4-7(17)5-16/h1-3,7,15-17H,4-5H2,(H,18,19). The predicted octanol–water partition coefficient (Wildman–Crippen LogP) is 1.17. The Hall–Kier alpha value is -1.80. The van der Waals surface area contributed by atoms with Crippen LogP contribution in [0.4, 0.5) is 18.9 Å². The molecule has 0 spiro atoms. The third-order valence-electron chi connectivity index (χ3n) is 2.32. The van der Waals surface area contributed by atoms with Gasteiger partial charge in [0.2, 0.25) is 0 Å². The Kier molecular flexibility index (Phi) is 4.73. The summed E-state index contributed by atoms with van der Waals surface area (Å²) < 4.78 is 37.3. The molecule has 0 bridgehead atoms. The number of alkyl halides is 3. The van der Waals surface area contributed by atoms with Gasteiger partial charge in [0.1, 0.15) is 0 Å². The molecule has 0 aliphatic carbocycles. The van der Waals surface area contributed by atoms with Gasteiger partial charge in [0.15, 0.2) is 0 Å². The van der Waals surface area contributed by atoms with E-state index >= 15 is 0 Å². The van der Waals surface area contributed by atoms with Crippen molar-refractivity contribution in [1.29, 1.82) is 0 Å². The number of benzene rings is 1. The highest BCUT2D eigenvalue weighted by Crippen LogP contribution is 2.31. The molecular weight excluding hydrogens is 267 g/mol. The van der Waals surface area contributed by atoms with Gasteiger partial charge in [-0.3, -0.25) is 0 Å². The highest BCUT2D eigenvalue weighted by Gasteiger charge is 2.31. The fourth-order valence-electron chi connectivity index (χ4n) is 1.34. The molecule has 8 heteroatoms. The lowest BCUT2D eigenvalue weighted by molar-refractivity contribution is -0.137. The number of carboxylic acids is 1. The van der Waals surface area contributed by atoms with Crippen LogP contribution >= 0.6 is 0 Å². The molecule has 0 aromatic heterocycles. The highest BCUT2D eigenvalue weighted by atomic mass is 19.4. The van der Waals surface area contributed by atoms with E-state index in [0.29, 0.717) is 6.07 Å². The maximum absolute atomic E-state index is 12.4. The summed E-state index contributed by atoms with van der Waals surface area (Å²) in [7, 11) is 0. The van der Waals surface area contributed by atoms with Gasteiger partial charge < -0.3 is 20.6 Å². The topological polar surface area (TPSA) is 89.8 Å². The molecule has 0 amide bonds. The second kappa shape index (κ2) is 5.89. The van der Waals surface area contributed by atoms with Crippen LogP contribution in [-0.2, 0) is 6.18 Å². The number of anilines is 1. The number of hydrogen-bond donors (Lipinski definition) is 4. The first-order chi connectivity index (χ1) is 8.75. The van der Waals surface area contributed by atoms with E-state index in [1.165, 1.54) is 0 Å². The van der Waals surface area contributed by atoms with E-state index in [0.717, 1.165) is 12.1 Å². The van der Waals surface area contributed by atoms with Crippen molar-refractivity contribution < 1.29 is 33.3 Å². The van der Waals surface area contributed by atoms with Crippen LogP contribution in [0.15, 0.2) is 18.2 Å². The van der Waals surface area contributed by atoms with Gasteiger partial charge >= 0.3 is 12.1 Å². The maximum Gasteiger partial charge on any atom is 0.416 e. The summed E-state index contributed by atoms with van der Waals surface area (Å²) in [5.74, 6) is -1.52. The van der Waals surface area contributed by atoms with E-state index in [4.69, 9.17) is 15.3 Å². The first-order valence-electron chi connectivity index (χ1n) is 5.23. The molecule has 1 unspecified atom stereocenters. The van der Waals surface area contributed by atoms with Crippen LogP contribution in [0, 0.1) is 0 Å². The lowest BCUT2D eigenvalue weighted by Crippen LogP contribution is -2.24. The van der Waals surface area contributed by atoms with Crippen molar-refractivity contribution in [2.45, 2.75) is 12.3 Å². The van der Waals surface area contributed by atoms with Gasteiger partial charge in [-0.25, -0.2) is 4.79 Å². The number of halogens is 3. The summed E-state index contributed by atoms with van der Waals surface area (Å²) in [6, 6.07) is 2.21. The maximum atomic E-state index is 12.4. The van der Waals surface area contributed by atoms with Gasteiger partial charge in [0.25, 0.3) is 0 Å². The van der Waals surface area contributed by atoms with Gasteiger partial charge in [-0.05, 0) is 18.2 Å². The normalized spacial score (nSPS) is 13.1. The quantitative estimate of drug-likeness (QED) is 0.649. The lowest BCUT2D eigenvalue weighted by Gasteiger charge is -2.14. The summed E-state index contributed by atoms with van der Waals surface area (Å²) in [5, 5.41) is 29.0. The highest BCUT2D eigenvalue weighted by molar-refractivity contribution is 5.94. The first-order valence-corrected chi connectivity index (χ1v) is 5.23. The van der Waals surface area contributed by atoms with E-state index < -0.39 is 36.0 Å². The Morgan fingerprint density at radius 2 is 2.00 bits per heavy atom. The molecule has 106 valence electrons. The molecule has 0 heterocycles. The van der Waals surface area contributed by atoms with Gasteiger partial charge in [0, 0.05) is 12.2 Å². The molecule has 19 heavy (non-hydrogen) atoms. The van der Waals surface area contributed by atoms with E-state index in [1.807, 2.05) is 0 Å². The second-order valence-corrected chi connectivity index (χ2v) is 3.78. The molecule has 1 rings (SSSR count). The number of aliphatic hydroxyl groups is 2. The lowest BCUT2D eigenvalue weighted by atomic mass is 10.1. The minimum Gasteiger partial charge on any atom is -0.478 e. The fraction of sp³-hybridized carbons (Fsp3) is 0.364. The number of carbonyl (C=O) groups is 1. The molecule has 0 saturated heterocycles. The van der Waals surface area contributed by atoms with Crippen LogP contribution in [0.1, 0.15) is 15.9 Å². The number of rotatable bonds is 5. The van der Waals surface area contributed by atoms with E-state index in [9.17, 15) is 18.0 Å². The van der Waals surface area contributed by atoms with Crippen molar-refractivity contribution in [3.8, 4) is 0 Å². The zero-order valence-electron chi connectivity index (χ0n) is 9.61. The van der Waals surface area contributed by atoms with Gasteiger partial charge in [0.05, 0.1) is 23.8 Å². The van der Waals surface area contributed by atoms with E-state index in [2.05, 4.69) is 5.32 Å². The van der Waals surface area contributed by atoms with Crippen molar-refractivity contribution in [1.82, 2.24) is 0 Å². The van der Waals surface area contributed by atoms with Crippen LogP contribution in [0.25, 0.3) is 0 Å². The number of aromatic carboxylic acids is 1. The third-order valence-corrected chi connectivity index (χ3v) is 2.32. The van der Waals surface area contributed by atoms with Gasteiger partial charge in [-0.15, -0.1) is 0 Å². The van der Waals surface area contributed by atoms with Crippen molar-refractivity contribution in [3.05, 3.63) is 29.3 Å². The third kappa shape index (κ3) is 4.11. The average Bonchev–Trinajstić information content (AvgIpc) is 2.34. The van der Waals surface area contributed by atoms with Crippen LogP contribution in [0.3, 0.4) is 0 Å². The Labute approximate surface area is 106 Å². The molecule has 4 N–H and O–H groups in total. The zero-order chi connectivity index (χ0) is 14.6. The fourth-order valence-corrected chi connectivity index (χ4v) is 1.34. The molecule has 0 radical (unpaired) electrons. The van der Waals surface area contributed by atoms with Crippen LogP contribution < -0.4 is 5.32 Å². The average molecular weight is 279 g/mol. The van der Waals surface area contributed by atoms with Crippen molar-refractivity contribution in [3.63, 3.8) is 0 Å². The Bertz CT molecular complexity index is 462. The molecule has 0 aliphatic rings. The van der Waals surface area contributed by atoms with Crippen LogP contribution in [-0.4, -0.2) is 40.5 Å². The Balaban J connectivity index is 3.02. The minimum atomic E-state index is -4.63. The Morgan fingerprint density at radius 1 is 1.37 bits per heavy atom. The van der Waals surface area contributed by atoms with E-state index in [1.54, 1.807) is 0 Å². The van der Waals surface area contributed by atoms with Crippen molar-refractivity contribution in [2.24, 2.45) is 0 Å². The summed E-state index contributed by atoms with van der Waals surface area (Å²) in [5.41, 5.74) is -1.69. The molecule has 1 aromatic rings.